The molecule has 162 valence electrons. The fourth-order valence-corrected chi connectivity index (χ4v) is 4.34. The maximum absolute atomic E-state index is 13.1. The molecule has 0 fully saturated rings. The van der Waals surface area contributed by atoms with Crippen LogP contribution in [0, 0.1) is 0 Å². The van der Waals surface area contributed by atoms with Crippen molar-refractivity contribution in [3.8, 4) is 5.75 Å². The van der Waals surface area contributed by atoms with Gasteiger partial charge in [-0.3, -0.25) is 14.2 Å². The Morgan fingerprint density at radius 1 is 1.16 bits per heavy atom. The quantitative estimate of drug-likeness (QED) is 0.602. The zero-order chi connectivity index (χ0) is 22.0. The van der Waals surface area contributed by atoms with Gasteiger partial charge in [-0.2, -0.15) is 0 Å². The number of benzene rings is 2. The van der Waals surface area contributed by atoms with Crippen LogP contribution in [0.15, 0.2) is 41.2 Å². The number of hydrogen-bond donors (Lipinski definition) is 0. The van der Waals surface area contributed by atoms with Crippen molar-refractivity contribution in [3.63, 3.8) is 0 Å². The van der Waals surface area contributed by atoms with E-state index in [0.717, 1.165) is 43.5 Å². The molecule has 0 spiro atoms. The number of rotatable bonds is 4. The number of aromatic nitrogens is 2. The van der Waals surface area contributed by atoms with Gasteiger partial charge < -0.3 is 9.64 Å². The number of methoxy groups -OCH3 is 1. The summed E-state index contributed by atoms with van der Waals surface area (Å²) in [5.41, 5.74) is 1.89. The summed E-state index contributed by atoms with van der Waals surface area (Å²) >= 11 is 6.11. The van der Waals surface area contributed by atoms with E-state index in [1.807, 2.05) is 0 Å². The first-order chi connectivity index (χ1) is 15.0. The van der Waals surface area contributed by atoms with Gasteiger partial charge in [0, 0.05) is 42.7 Å². The van der Waals surface area contributed by atoms with Gasteiger partial charge in [-0.1, -0.05) is 24.4 Å². The molecule has 1 amide bonds. The Balaban J connectivity index is 1.64. The molecule has 0 aliphatic carbocycles. The molecular weight excluding hydrogens is 414 g/mol. The van der Waals surface area contributed by atoms with E-state index in [9.17, 15) is 9.59 Å². The van der Waals surface area contributed by atoms with E-state index in [1.165, 1.54) is 0 Å². The van der Waals surface area contributed by atoms with Crippen molar-refractivity contribution in [1.29, 1.82) is 0 Å². The summed E-state index contributed by atoms with van der Waals surface area (Å²) in [6.07, 6.45) is 5.11. The first kappa shape index (κ1) is 21.4. The minimum Gasteiger partial charge on any atom is -0.496 e. The van der Waals surface area contributed by atoms with Crippen LogP contribution in [0.5, 0.6) is 5.75 Å². The average molecular weight is 440 g/mol. The highest BCUT2D eigenvalue weighted by Gasteiger charge is 2.18. The van der Waals surface area contributed by atoms with Crippen LogP contribution in [0.2, 0.25) is 5.02 Å². The number of aryl methyl sites for hydroxylation is 1. The second-order valence-corrected chi connectivity index (χ2v) is 8.43. The van der Waals surface area contributed by atoms with Crippen LogP contribution in [0.1, 0.15) is 47.4 Å². The molecule has 31 heavy (non-hydrogen) atoms. The number of hydrogen-bond acceptors (Lipinski definition) is 4. The number of halogens is 1. The minimum atomic E-state index is -0.155. The van der Waals surface area contributed by atoms with Crippen LogP contribution < -0.4 is 10.3 Å². The van der Waals surface area contributed by atoms with Crippen molar-refractivity contribution in [2.75, 3.05) is 14.2 Å². The Hall–Kier alpha value is -2.86. The zero-order valence-corrected chi connectivity index (χ0v) is 18.6. The van der Waals surface area contributed by atoms with Gasteiger partial charge in [-0.15, -0.1) is 0 Å². The number of carbonyl (C=O) groups excluding carboxylic acids is 1. The summed E-state index contributed by atoms with van der Waals surface area (Å²) in [5.74, 6) is 1.34. The molecule has 3 aromatic rings. The van der Waals surface area contributed by atoms with E-state index in [2.05, 4.69) is 0 Å². The molecule has 1 aliphatic rings. The zero-order valence-electron chi connectivity index (χ0n) is 17.9. The Kier molecular flexibility index (Phi) is 6.28. The van der Waals surface area contributed by atoms with Crippen molar-refractivity contribution < 1.29 is 9.53 Å². The summed E-state index contributed by atoms with van der Waals surface area (Å²) in [7, 11) is 3.32. The third kappa shape index (κ3) is 4.44. The highest BCUT2D eigenvalue weighted by molar-refractivity contribution is 6.30. The fraction of sp³-hybridized carbons (Fsp3) is 0.375. The maximum Gasteiger partial charge on any atom is 0.261 e. The van der Waals surface area contributed by atoms with Crippen molar-refractivity contribution in [2.45, 2.75) is 45.2 Å². The van der Waals surface area contributed by atoms with E-state index in [0.29, 0.717) is 40.3 Å². The lowest BCUT2D eigenvalue weighted by Crippen LogP contribution is -2.28. The van der Waals surface area contributed by atoms with E-state index in [-0.39, 0.29) is 11.5 Å². The van der Waals surface area contributed by atoms with Crippen LogP contribution >= 0.6 is 11.6 Å². The third-order valence-electron chi connectivity index (χ3n) is 5.81. The molecule has 2 heterocycles. The van der Waals surface area contributed by atoms with E-state index < -0.39 is 0 Å². The van der Waals surface area contributed by atoms with Gasteiger partial charge >= 0.3 is 0 Å². The monoisotopic (exact) mass is 439 g/mol. The summed E-state index contributed by atoms with van der Waals surface area (Å²) in [4.78, 5) is 32.5. The van der Waals surface area contributed by atoms with Crippen LogP contribution in [0.3, 0.4) is 0 Å². The molecule has 7 heteroatoms. The largest absolute Gasteiger partial charge is 0.496 e. The molecule has 1 aromatic heterocycles. The predicted molar refractivity (Wildman–Crippen MR) is 122 cm³/mol. The molecule has 4 rings (SSSR count). The van der Waals surface area contributed by atoms with Crippen LogP contribution in [-0.4, -0.2) is 34.5 Å². The van der Waals surface area contributed by atoms with Gasteiger partial charge in [-0.05, 0) is 49.2 Å². The second kappa shape index (κ2) is 9.10. The molecule has 0 N–H and O–H groups in total. The second-order valence-electron chi connectivity index (χ2n) is 8.00. The summed E-state index contributed by atoms with van der Waals surface area (Å²) in [6, 6.07) is 10.5. The van der Waals surface area contributed by atoms with Gasteiger partial charge in [0.1, 0.15) is 11.6 Å². The molecule has 0 saturated carbocycles. The Morgan fingerprint density at radius 3 is 2.77 bits per heavy atom. The molecule has 0 bridgehead atoms. The molecular formula is C24H26ClN3O3. The minimum absolute atomic E-state index is 0.0158. The van der Waals surface area contributed by atoms with Gasteiger partial charge in [0.2, 0.25) is 0 Å². The number of ether oxygens (including phenoxy) is 1. The lowest BCUT2D eigenvalue weighted by Gasteiger charge is -2.20. The summed E-state index contributed by atoms with van der Waals surface area (Å²) in [5, 5.41) is 1.14. The molecule has 0 atom stereocenters. The van der Waals surface area contributed by atoms with Gasteiger partial charge in [0.25, 0.3) is 11.5 Å². The van der Waals surface area contributed by atoms with Crippen LogP contribution in [0.25, 0.3) is 10.9 Å². The van der Waals surface area contributed by atoms with E-state index >= 15 is 0 Å². The van der Waals surface area contributed by atoms with E-state index in [4.69, 9.17) is 21.3 Å². The average Bonchev–Trinajstić information content (AvgIpc) is 2.74. The molecule has 2 aromatic carbocycles. The highest BCUT2D eigenvalue weighted by atomic mass is 35.5. The highest BCUT2D eigenvalue weighted by Crippen LogP contribution is 2.24. The Labute approximate surface area is 186 Å². The molecule has 6 nitrogen and oxygen atoms in total. The van der Waals surface area contributed by atoms with Crippen LogP contribution in [-0.2, 0) is 19.5 Å². The van der Waals surface area contributed by atoms with E-state index in [1.54, 1.807) is 60.0 Å². The lowest BCUT2D eigenvalue weighted by molar-refractivity contribution is 0.0784. The van der Waals surface area contributed by atoms with Crippen molar-refractivity contribution in [1.82, 2.24) is 14.5 Å². The van der Waals surface area contributed by atoms with Gasteiger partial charge in [-0.25, -0.2) is 4.98 Å². The first-order valence-corrected chi connectivity index (χ1v) is 11.0. The van der Waals surface area contributed by atoms with Crippen molar-refractivity contribution in [2.24, 2.45) is 0 Å². The lowest BCUT2D eigenvalue weighted by atomic mass is 10.1. The smallest absolute Gasteiger partial charge is 0.261 e. The third-order valence-corrected chi connectivity index (χ3v) is 6.05. The Bertz CT molecular complexity index is 1190. The standard InChI is InChI=1S/C24H26ClN3O3/c1-27(15-17-13-18(25)9-11-21(17)31-2)23(29)16-8-10-19-20(14-16)26-22-7-5-3-4-6-12-28(22)24(19)30/h8-11,13-14H,3-7,12,15H2,1-2H3. The van der Waals surface area contributed by atoms with Crippen molar-refractivity contribution in [3.05, 3.63) is 68.7 Å². The molecule has 1 aliphatic heterocycles. The first-order valence-electron chi connectivity index (χ1n) is 10.6. The van der Waals surface area contributed by atoms with Crippen molar-refractivity contribution >= 4 is 28.4 Å². The van der Waals surface area contributed by atoms with Gasteiger partial charge in [0.15, 0.2) is 0 Å². The fourth-order valence-electron chi connectivity index (χ4n) is 4.15. The van der Waals surface area contributed by atoms with Crippen LogP contribution in [0.4, 0.5) is 0 Å². The SMILES string of the molecule is COc1ccc(Cl)cc1CN(C)C(=O)c1ccc2c(=O)n3c(nc2c1)CCCCCC3. The summed E-state index contributed by atoms with van der Waals surface area (Å²) < 4.78 is 7.19. The topological polar surface area (TPSA) is 64.4 Å². The number of fused-ring (bicyclic) bond motifs is 2. The molecule has 0 unspecified atom stereocenters. The van der Waals surface area contributed by atoms with Gasteiger partial charge in [0.05, 0.1) is 18.0 Å². The number of nitrogens with zero attached hydrogens (tertiary/aromatic N) is 3. The summed E-state index contributed by atoms with van der Waals surface area (Å²) in [6.45, 7) is 1.06. The number of amides is 1. The normalized spacial score (nSPS) is 13.9. The number of carbonyl (C=O) groups is 1. The molecule has 0 radical (unpaired) electrons. The maximum atomic E-state index is 13.1. The Morgan fingerprint density at radius 2 is 1.97 bits per heavy atom. The predicted octanol–water partition coefficient (Wildman–Crippen LogP) is 4.45. The molecule has 0 saturated heterocycles.